The number of ketones is 1. The van der Waals surface area contributed by atoms with Gasteiger partial charge in [0.1, 0.15) is 6.04 Å². The zero-order valence-electron chi connectivity index (χ0n) is 19.9. The first-order valence-corrected chi connectivity index (χ1v) is 13.1. The Labute approximate surface area is 228 Å². The van der Waals surface area contributed by atoms with Crippen LogP contribution in [0.1, 0.15) is 27.5 Å². The molecule has 0 aromatic heterocycles. The van der Waals surface area contributed by atoms with E-state index < -0.39 is 23.9 Å². The molecule has 4 aromatic rings. The normalized spacial score (nSPS) is 23.5. The number of benzene rings is 4. The van der Waals surface area contributed by atoms with Crippen molar-refractivity contribution >= 4 is 63.3 Å². The van der Waals surface area contributed by atoms with Gasteiger partial charge < -0.3 is 4.90 Å². The Bertz CT molecular complexity index is 1710. The van der Waals surface area contributed by atoms with E-state index in [1.54, 1.807) is 18.2 Å². The number of imide groups is 1. The highest BCUT2D eigenvalue weighted by molar-refractivity contribution is 6.37. The van der Waals surface area contributed by atoms with E-state index in [0.717, 1.165) is 21.9 Å². The monoisotopic (exact) mass is 538 g/mol. The summed E-state index contributed by atoms with van der Waals surface area (Å²) in [7, 11) is 0. The minimum Gasteiger partial charge on any atom is -0.358 e. The molecule has 1 unspecified atom stereocenters. The number of Topliss-reactive ketones (excluding diaryl/α,β-unsaturated/α-hetero) is 1. The molecule has 3 aliphatic rings. The van der Waals surface area contributed by atoms with Gasteiger partial charge in [-0.3, -0.25) is 14.4 Å². The van der Waals surface area contributed by atoms with Crippen LogP contribution in [-0.2, 0) is 9.59 Å². The number of amides is 2. The van der Waals surface area contributed by atoms with Gasteiger partial charge in [0.15, 0.2) is 5.78 Å². The summed E-state index contributed by atoms with van der Waals surface area (Å²) in [6, 6.07) is 24.5. The third kappa shape index (κ3) is 3.29. The average Bonchev–Trinajstić information content (AvgIpc) is 3.40. The molecule has 2 saturated heterocycles. The third-order valence-electron chi connectivity index (χ3n) is 7.92. The molecule has 38 heavy (non-hydrogen) atoms. The molecule has 7 heteroatoms. The summed E-state index contributed by atoms with van der Waals surface area (Å²) in [4.78, 5) is 45.5. The van der Waals surface area contributed by atoms with E-state index in [9.17, 15) is 14.4 Å². The topological polar surface area (TPSA) is 57.7 Å². The smallest absolute Gasteiger partial charge is 0.240 e. The Morgan fingerprint density at radius 2 is 1.50 bits per heavy atom. The summed E-state index contributed by atoms with van der Waals surface area (Å²) in [5.74, 6) is -2.57. The number of halogens is 2. The number of anilines is 1. The number of hydrogen-bond acceptors (Lipinski definition) is 4. The number of fused-ring (bicyclic) bond motifs is 6. The summed E-state index contributed by atoms with van der Waals surface area (Å²) < 4.78 is 0. The molecule has 186 valence electrons. The standard InChI is InChI=1S/C31H20Cl2N2O3/c32-20-10-12-23(24(33)16-20)29(36)28-26-25(27-22-8-4-3-6-18(22)13-14-34(27)28)30(37)35(31(26)38)21-11-9-17-5-1-2-7-19(17)15-21/h1-16,25-28H/t25-,26+,27?,28-/m0/s1. The van der Waals surface area contributed by atoms with Gasteiger partial charge in [-0.15, -0.1) is 0 Å². The van der Waals surface area contributed by atoms with Gasteiger partial charge in [0, 0.05) is 16.8 Å². The maximum absolute atomic E-state index is 14.1. The van der Waals surface area contributed by atoms with Crippen LogP contribution in [-0.4, -0.2) is 28.5 Å². The molecule has 0 N–H and O–H groups in total. The highest BCUT2D eigenvalue weighted by Gasteiger charge is 2.64. The fraction of sp³-hybridized carbons (Fsp3) is 0.129. The van der Waals surface area contributed by atoms with Crippen LogP contribution < -0.4 is 4.90 Å². The highest BCUT2D eigenvalue weighted by atomic mass is 35.5. The van der Waals surface area contributed by atoms with Crippen molar-refractivity contribution in [2.45, 2.75) is 12.1 Å². The van der Waals surface area contributed by atoms with Crippen molar-refractivity contribution in [3.05, 3.63) is 118 Å². The third-order valence-corrected chi connectivity index (χ3v) is 8.47. The highest BCUT2D eigenvalue weighted by Crippen LogP contribution is 2.54. The van der Waals surface area contributed by atoms with Crippen molar-refractivity contribution in [2.24, 2.45) is 11.8 Å². The Morgan fingerprint density at radius 3 is 2.32 bits per heavy atom. The first-order valence-electron chi connectivity index (χ1n) is 12.3. The van der Waals surface area contributed by atoms with Crippen molar-refractivity contribution in [1.82, 2.24) is 4.90 Å². The van der Waals surface area contributed by atoms with Crippen molar-refractivity contribution in [2.75, 3.05) is 4.90 Å². The van der Waals surface area contributed by atoms with E-state index in [2.05, 4.69) is 0 Å². The molecular weight excluding hydrogens is 519 g/mol. The van der Waals surface area contributed by atoms with Gasteiger partial charge in [0.2, 0.25) is 11.8 Å². The average molecular weight is 539 g/mol. The van der Waals surface area contributed by atoms with Crippen molar-refractivity contribution in [3.8, 4) is 0 Å². The van der Waals surface area contributed by atoms with Crippen molar-refractivity contribution in [1.29, 1.82) is 0 Å². The van der Waals surface area contributed by atoms with Gasteiger partial charge in [-0.25, -0.2) is 4.90 Å². The largest absolute Gasteiger partial charge is 0.358 e. The number of nitrogens with zero attached hydrogens (tertiary/aromatic N) is 2. The Kier molecular flexibility index (Phi) is 5.22. The Morgan fingerprint density at radius 1 is 0.763 bits per heavy atom. The SMILES string of the molecule is O=C(c1ccc(Cl)cc1Cl)[C@@H]1[C@@H]2C(=O)N(c3ccc4ccccc4c3)C(=O)[C@@H]2C2c3ccccc3C=CN21. The minimum atomic E-state index is -0.893. The Hall–Kier alpha value is -3.93. The second kappa shape index (κ2) is 8.55. The van der Waals surface area contributed by atoms with Gasteiger partial charge in [-0.2, -0.15) is 0 Å². The number of carbonyl (C=O) groups excluding carboxylic acids is 3. The predicted molar refractivity (Wildman–Crippen MR) is 148 cm³/mol. The molecule has 0 bridgehead atoms. The first-order chi connectivity index (χ1) is 18.4. The van der Waals surface area contributed by atoms with E-state index in [0.29, 0.717) is 10.7 Å². The number of hydrogen-bond donors (Lipinski definition) is 0. The molecule has 0 spiro atoms. The molecule has 2 amide bonds. The molecule has 7 rings (SSSR count). The van der Waals surface area contributed by atoms with Gasteiger partial charge in [0.05, 0.1) is 28.6 Å². The molecule has 0 radical (unpaired) electrons. The second-order valence-corrected chi connectivity index (χ2v) is 10.7. The molecule has 4 atom stereocenters. The maximum Gasteiger partial charge on any atom is 0.240 e. The fourth-order valence-electron chi connectivity index (χ4n) is 6.28. The molecular formula is C31H20Cl2N2O3. The second-order valence-electron chi connectivity index (χ2n) is 9.86. The van der Waals surface area contributed by atoms with Crippen LogP contribution in [0, 0.1) is 11.8 Å². The van der Waals surface area contributed by atoms with Crippen LogP contribution >= 0.6 is 23.2 Å². The van der Waals surface area contributed by atoms with E-state index in [-0.39, 0.29) is 28.2 Å². The molecule has 3 heterocycles. The predicted octanol–water partition coefficient (Wildman–Crippen LogP) is 6.54. The molecule has 4 aromatic carbocycles. The van der Waals surface area contributed by atoms with E-state index in [1.165, 1.54) is 11.0 Å². The van der Waals surface area contributed by atoms with Crippen LogP contribution in [0.3, 0.4) is 0 Å². The van der Waals surface area contributed by atoms with Crippen LogP contribution in [0.25, 0.3) is 16.8 Å². The number of rotatable bonds is 3. The summed E-state index contributed by atoms with van der Waals surface area (Å²) in [5, 5.41) is 2.57. The summed E-state index contributed by atoms with van der Waals surface area (Å²) >= 11 is 12.5. The van der Waals surface area contributed by atoms with E-state index in [1.807, 2.05) is 77.8 Å². The van der Waals surface area contributed by atoms with Crippen molar-refractivity contribution in [3.63, 3.8) is 0 Å². The summed E-state index contributed by atoms with van der Waals surface area (Å²) in [6.45, 7) is 0. The fourth-order valence-corrected chi connectivity index (χ4v) is 6.78. The van der Waals surface area contributed by atoms with Gasteiger partial charge in [-0.05, 0) is 58.3 Å². The van der Waals surface area contributed by atoms with Crippen LogP contribution in [0.4, 0.5) is 5.69 Å². The Balaban J connectivity index is 1.38. The first kappa shape index (κ1) is 23.2. The zero-order valence-corrected chi connectivity index (χ0v) is 21.4. The lowest BCUT2D eigenvalue weighted by Crippen LogP contribution is -2.44. The van der Waals surface area contributed by atoms with Gasteiger partial charge in [0.25, 0.3) is 0 Å². The van der Waals surface area contributed by atoms with Gasteiger partial charge in [-0.1, -0.05) is 77.8 Å². The molecule has 5 nitrogen and oxygen atoms in total. The van der Waals surface area contributed by atoms with Crippen LogP contribution in [0.15, 0.2) is 91.1 Å². The van der Waals surface area contributed by atoms with E-state index >= 15 is 0 Å². The lowest BCUT2D eigenvalue weighted by molar-refractivity contribution is -0.123. The molecule has 0 saturated carbocycles. The zero-order chi connectivity index (χ0) is 26.1. The summed E-state index contributed by atoms with van der Waals surface area (Å²) in [5.41, 5.74) is 2.67. The lowest BCUT2D eigenvalue weighted by atomic mass is 9.83. The minimum absolute atomic E-state index is 0.215. The maximum atomic E-state index is 14.1. The summed E-state index contributed by atoms with van der Waals surface area (Å²) in [6.07, 6.45) is 3.76. The molecule has 3 aliphatic heterocycles. The lowest BCUT2D eigenvalue weighted by Gasteiger charge is -2.35. The molecule has 0 aliphatic carbocycles. The quantitative estimate of drug-likeness (QED) is 0.219. The molecule has 2 fully saturated rings. The van der Waals surface area contributed by atoms with Gasteiger partial charge >= 0.3 is 0 Å². The van der Waals surface area contributed by atoms with E-state index in [4.69, 9.17) is 23.2 Å². The van der Waals surface area contributed by atoms with Crippen LogP contribution in [0.5, 0.6) is 0 Å². The van der Waals surface area contributed by atoms with Crippen LogP contribution in [0.2, 0.25) is 10.0 Å². The number of carbonyl (C=O) groups is 3. The van der Waals surface area contributed by atoms with Crippen molar-refractivity contribution < 1.29 is 14.4 Å².